The maximum absolute atomic E-state index is 11.7. The van der Waals surface area contributed by atoms with E-state index < -0.39 is 9.84 Å². The van der Waals surface area contributed by atoms with E-state index in [2.05, 4.69) is 6.92 Å². The molecule has 0 aromatic rings. The topological polar surface area (TPSA) is 84.0 Å². The Morgan fingerprint density at radius 3 is 2.00 bits per heavy atom. The second-order valence-corrected chi connectivity index (χ2v) is 8.28. The van der Waals surface area contributed by atoms with Crippen molar-refractivity contribution in [3.63, 3.8) is 0 Å². The number of amidine groups is 1. The van der Waals surface area contributed by atoms with Gasteiger partial charge in [-0.15, -0.1) is 17.0 Å². The quantitative estimate of drug-likeness (QED) is 0.303. The van der Waals surface area contributed by atoms with Gasteiger partial charge >= 0.3 is 0 Å². The summed E-state index contributed by atoms with van der Waals surface area (Å²) in [5.74, 6) is 0.808. The first-order valence-electron chi connectivity index (χ1n) is 7.15. The summed E-state index contributed by atoms with van der Waals surface area (Å²) in [6.07, 6.45) is 9.28. The SMILES string of the molecule is Br.CCCCCCCCCCS(=O)(=O)CCSC(=N)N. The number of nitrogens with two attached hydrogens (primary N) is 1. The van der Waals surface area contributed by atoms with Crippen LogP contribution in [0, 0.1) is 5.41 Å². The zero-order chi connectivity index (χ0) is 14.6. The largest absolute Gasteiger partial charge is 0.379 e. The van der Waals surface area contributed by atoms with E-state index in [-0.39, 0.29) is 33.7 Å². The summed E-state index contributed by atoms with van der Waals surface area (Å²) in [6, 6.07) is 0. The highest BCUT2D eigenvalue weighted by Crippen LogP contribution is 2.10. The van der Waals surface area contributed by atoms with Gasteiger partial charge in [0.1, 0.15) is 0 Å². The molecule has 3 N–H and O–H groups in total. The van der Waals surface area contributed by atoms with E-state index in [9.17, 15) is 8.42 Å². The van der Waals surface area contributed by atoms with Crippen molar-refractivity contribution in [2.45, 2.75) is 58.3 Å². The molecule has 0 radical (unpaired) electrons. The third-order valence-corrected chi connectivity index (χ3v) is 5.68. The van der Waals surface area contributed by atoms with Crippen LogP contribution in [0.1, 0.15) is 58.3 Å². The molecule has 0 unspecified atom stereocenters. The fourth-order valence-corrected chi connectivity index (χ4v) is 4.25. The van der Waals surface area contributed by atoms with E-state index in [0.29, 0.717) is 5.75 Å². The minimum Gasteiger partial charge on any atom is -0.379 e. The van der Waals surface area contributed by atoms with Crippen LogP contribution in [0.5, 0.6) is 0 Å². The molecule has 0 bridgehead atoms. The summed E-state index contributed by atoms with van der Waals surface area (Å²) in [5.41, 5.74) is 5.16. The number of sulfone groups is 1. The van der Waals surface area contributed by atoms with Crippen LogP contribution in [0.3, 0.4) is 0 Å². The maximum atomic E-state index is 11.7. The third-order valence-electron chi connectivity index (χ3n) is 2.96. The van der Waals surface area contributed by atoms with Crippen LogP contribution in [-0.2, 0) is 9.84 Å². The summed E-state index contributed by atoms with van der Waals surface area (Å²) in [6.45, 7) is 2.20. The number of thioether (sulfide) groups is 1. The van der Waals surface area contributed by atoms with Crippen LogP contribution >= 0.6 is 28.7 Å². The first-order chi connectivity index (χ1) is 8.98. The highest BCUT2D eigenvalue weighted by molar-refractivity contribution is 8.93. The van der Waals surface area contributed by atoms with E-state index >= 15 is 0 Å². The molecule has 0 aliphatic rings. The second kappa shape index (κ2) is 14.2. The first kappa shape index (κ1) is 22.5. The van der Waals surface area contributed by atoms with E-state index in [1.54, 1.807) is 0 Å². The Morgan fingerprint density at radius 2 is 1.50 bits per heavy atom. The van der Waals surface area contributed by atoms with Gasteiger partial charge in [-0.25, -0.2) is 8.42 Å². The molecule has 0 heterocycles. The van der Waals surface area contributed by atoms with Crippen molar-refractivity contribution in [1.82, 2.24) is 0 Å². The fourth-order valence-electron chi connectivity index (χ4n) is 1.84. The molecule has 0 aromatic carbocycles. The molecule has 0 fully saturated rings. The van der Waals surface area contributed by atoms with Gasteiger partial charge < -0.3 is 5.73 Å². The minimum absolute atomic E-state index is 0. The van der Waals surface area contributed by atoms with Crippen LogP contribution in [-0.4, -0.2) is 30.8 Å². The molecule has 0 aromatic heterocycles. The van der Waals surface area contributed by atoms with E-state index in [4.69, 9.17) is 11.1 Å². The Labute approximate surface area is 138 Å². The molecule has 4 nitrogen and oxygen atoms in total. The van der Waals surface area contributed by atoms with Gasteiger partial charge in [-0.1, -0.05) is 63.6 Å². The Balaban J connectivity index is 0. The van der Waals surface area contributed by atoms with Crippen LogP contribution < -0.4 is 5.73 Å². The van der Waals surface area contributed by atoms with Crippen LogP contribution in [0.25, 0.3) is 0 Å². The van der Waals surface area contributed by atoms with Gasteiger partial charge in [-0.05, 0) is 6.42 Å². The lowest BCUT2D eigenvalue weighted by molar-refractivity contribution is 0.573. The number of rotatable bonds is 12. The van der Waals surface area contributed by atoms with Crippen molar-refractivity contribution in [3.05, 3.63) is 0 Å². The lowest BCUT2D eigenvalue weighted by Gasteiger charge is -2.04. The van der Waals surface area contributed by atoms with Crippen molar-refractivity contribution in [2.75, 3.05) is 17.3 Å². The molecule has 0 atom stereocenters. The van der Waals surface area contributed by atoms with Gasteiger partial charge in [-0.3, -0.25) is 5.41 Å². The summed E-state index contributed by atoms with van der Waals surface area (Å²) < 4.78 is 23.3. The first-order valence-corrected chi connectivity index (χ1v) is 9.96. The van der Waals surface area contributed by atoms with Gasteiger partial charge in [0, 0.05) is 5.75 Å². The average Bonchev–Trinajstić information content (AvgIpc) is 2.31. The fraction of sp³-hybridized carbons (Fsp3) is 0.923. The van der Waals surface area contributed by atoms with Crippen molar-refractivity contribution >= 4 is 43.7 Å². The minimum atomic E-state index is -2.95. The standard InChI is InChI=1S/C13H28N2O2S2.BrH/c1-2-3-4-5-6-7-8-9-11-19(16,17)12-10-18-13(14)15;/h2-12H2,1H3,(H3,14,15);1H. The van der Waals surface area contributed by atoms with Gasteiger partial charge in [0.25, 0.3) is 0 Å². The lowest BCUT2D eigenvalue weighted by atomic mass is 10.1. The Morgan fingerprint density at radius 1 is 1.00 bits per heavy atom. The van der Waals surface area contributed by atoms with Gasteiger partial charge in [0.15, 0.2) is 15.0 Å². The molecule has 0 aliphatic heterocycles. The zero-order valence-electron chi connectivity index (χ0n) is 12.4. The monoisotopic (exact) mass is 388 g/mol. The molecule has 20 heavy (non-hydrogen) atoms. The molecule has 0 saturated carbocycles. The normalized spacial score (nSPS) is 11.1. The Bertz CT molecular complexity index is 335. The predicted molar refractivity (Wildman–Crippen MR) is 96.0 cm³/mol. The van der Waals surface area contributed by atoms with Crippen LogP contribution in [0.15, 0.2) is 0 Å². The summed E-state index contributed by atoms with van der Waals surface area (Å²) in [4.78, 5) is 0. The molecule has 0 saturated heterocycles. The molecular formula is C13H29BrN2O2S2. The summed E-state index contributed by atoms with van der Waals surface area (Å²) in [5, 5.41) is 7.00. The van der Waals surface area contributed by atoms with E-state index in [0.717, 1.165) is 31.0 Å². The summed E-state index contributed by atoms with van der Waals surface area (Å²) in [7, 11) is -2.95. The van der Waals surface area contributed by atoms with Gasteiger partial charge in [0.2, 0.25) is 0 Å². The van der Waals surface area contributed by atoms with Crippen molar-refractivity contribution < 1.29 is 8.42 Å². The molecule has 7 heteroatoms. The van der Waals surface area contributed by atoms with Crippen molar-refractivity contribution in [1.29, 1.82) is 5.41 Å². The highest BCUT2D eigenvalue weighted by Gasteiger charge is 2.10. The number of unbranched alkanes of at least 4 members (excludes halogenated alkanes) is 7. The molecule has 0 aliphatic carbocycles. The molecule has 0 amide bonds. The summed E-state index contributed by atoms with van der Waals surface area (Å²) >= 11 is 1.09. The van der Waals surface area contributed by atoms with Crippen molar-refractivity contribution in [2.24, 2.45) is 5.73 Å². The van der Waals surface area contributed by atoms with Crippen molar-refractivity contribution in [3.8, 4) is 0 Å². The number of hydrogen-bond donors (Lipinski definition) is 2. The Kier molecular flexibility index (Phi) is 16.0. The number of halogens is 1. The second-order valence-electron chi connectivity index (χ2n) is 4.84. The van der Waals surface area contributed by atoms with E-state index in [1.165, 1.54) is 32.1 Å². The van der Waals surface area contributed by atoms with Crippen LogP contribution in [0.2, 0.25) is 0 Å². The smallest absolute Gasteiger partial charge is 0.151 e. The molecular weight excluding hydrogens is 360 g/mol. The third kappa shape index (κ3) is 16.3. The zero-order valence-corrected chi connectivity index (χ0v) is 15.7. The number of nitrogens with one attached hydrogen (secondary N) is 1. The molecule has 0 rings (SSSR count). The maximum Gasteiger partial charge on any atom is 0.151 e. The highest BCUT2D eigenvalue weighted by atomic mass is 79.9. The lowest BCUT2D eigenvalue weighted by Crippen LogP contribution is -2.15. The predicted octanol–water partition coefficient (Wildman–Crippen LogP) is 3.75. The molecule has 122 valence electrons. The van der Waals surface area contributed by atoms with Gasteiger partial charge in [-0.2, -0.15) is 0 Å². The average molecular weight is 389 g/mol. The molecule has 0 spiro atoms. The van der Waals surface area contributed by atoms with E-state index in [1.807, 2.05) is 0 Å². The van der Waals surface area contributed by atoms with Crippen LogP contribution in [0.4, 0.5) is 0 Å². The van der Waals surface area contributed by atoms with Gasteiger partial charge in [0.05, 0.1) is 11.5 Å². The Hall–Kier alpha value is 0.250. The number of hydrogen-bond acceptors (Lipinski definition) is 4.